The van der Waals surface area contributed by atoms with Crippen molar-refractivity contribution in [1.82, 2.24) is 4.90 Å². The lowest BCUT2D eigenvalue weighted by Gasteiger charge is -2.19. The summed E-state index contributed by atoms with van der Waals surface area (Å²) in [7, 11) is 0. The number of furan rings is 1. The number of rotatable bonds is 5. The van der Waals surface area contributed by atoms with Gasteiger partial charge in [-0.25, -0.2) is 0 Å². The summed E-state index contributed by atoms with van der Waals surface area (Å²) in [6.07, 6.45) is 1.62. The Hall–Kier alpha value is -1.07. The maximum atomic E-state index is 11.8. The molecule has 0 aliphatic carbocycles. The van der Waals surface area contributed by atoms with Crippen LogP contribution in [0.5, 0.6) is 0 Å². The fourth-order valence-corrected chi connectivity index (χ4v) is 2.57. The molecule has 5 heteroatoms. The van der Waals surface area contributed by atoms with Crippen LogP contribution in [0.15, 0.2) is 40.3 Å². The van der Waals surface area contributed by atoms with Crippen LogP contribution in [0.25, 0.3) is 0 Å². The first-order valence-corrected chi connectivity index (χ1v) is 7.18. The molecule has 17 heavy (non-hydrogen) atoms. The van der Waals surface area contributed by atoms with E-state index in [9.17, 15) is 4.79 Å². The third kappa shape index (κ3) is 3.44. The van der Waals surface area contributed by atoms with E-state index < -0.39 is 0 Å². The van der Waals surface area contributed by atoms with E-state index >= 15 is 0 Å². The Balaban J connectivity index is 2.05. The zero-order chi connectivity index (χ0) is 12.1. The largest absolute Gasteiger partial charge is 0.467 e. The summed E-state index contributed by atoms with van der Waals surface area (Å²) in [6, 6.07) is 7.73. The Morgan fingerprint density at radius 1 is 1.35 bits per heavy atom. The number of alkyl halides is 1. The zero-order valence-corrected chi connectivity index (χ0v) is 11.5. The van der Waals surface area contributed by atoms with E-state index in [1.165, 1.54) is 4.88 Å². The molecule has 3 nitrogen and oxygen atoms in total. The molecule has 0 radical (unpaired) electrons. The summed E-state index contributed by atoms with van der Waals surface area (Å²) in [5.74, 6) is 0.866. The van der Waals surface area contributed by atoms with Gasteiger partial charge in [0.25, 0.3) is 0 Å². The van der Waals surface area contributed by atoms with E-state index in [0.717, 1.165) is 5.76 Å². The minimum absolute atomic E-state index is 0.0646. The molecular weight excluding hydrogens is 302 g/mol. The SMILES string of the molecule is O=C(CBr)N(Cc1ccco1)Cc1cccs1. The van der Waals surface area contributed by atoms with Gasteiger partial charge < -0.3 is 9.32 Å². The van der Waals surface area contributed by atoms with Crippen molar-refractivity contribution >= 4 is 33.2 Å². The molecule has 0 aromatic carbocycles. The highest BCUT2D eigenvalue weighted by Crippen LogP contribution is 2.15. The predicted molar refractivity (Wildman–Crippen MR) is 71.1 cm³/mol. The maximum absolute atomic E-state index is 11.8. The van der Waals surface area contributed by atoms with Crippen molar-refractivity contribution in [3.8, 4) is 0 Å². The highest BCUT2D eigenvalue weighted by Gasteiger charge is 2.14. The van der Waals surface area contributed by atoms with E-state index in [0.29, 0.717) is 18.4 Å². The molecule has 0 aliphatic heterocycles. The van der Waals surface area contributed by atoms with Gasteiger partial charge in [0.05, 0.1) is 24.7 Å². The third-order valence-electron chi connectivity index (χ3n) is 2.32. The highest BCUT2D eigenvalue weighted by molar-refractivity contribution is 9.09. The van der Waals surface area contributed by atoms with Crippen molar-refractivity contribution in [2.45, 2.75) is 13.1 Å². The van der Waals surface area contributed by atoms with Crippen LogP contribution in [-0.4, -0.2) is 16.1 Å². The molecule has 0 fully saturated rings. The van der Waals surface area contributed by atoms with Crippen LogP contribution in [0.4, 0.5) is 0 Å². The first kappa shape index (κ1) is 12.4. The number of nitrogens with zero attached hydrogens (tertiary/aromatic N) is 1. The van der Waals surface area contributed by atoms with Gasteiger partial charge in [-0.1, -0.05) is 22.0 Å². The first-order chi connectivity index (χ1) is 8.29. The number of amides is 1. The van der Waals surface area contributed by atoms with Crippen LogP contribution < -0.4 is 0 Å². The first-order valence-electron chi connectivity index (χ1n) is 5.18. The fraction of sp³-hybridized carbons (Fsp3) is 0.250. The summed E-state index contributed by atoms with van der Waals surface area (Å²) in [5, 5.41) is 2.35. The van der Waals surface area contributed by atoms with Crippen molar-refractivity contribution in [2.75, 3.05) is 5.33 Å². The quantitative estimate of drug-likeness (QED) is 0.794. The van der Waals surface area contributed by atoms with E-state index in [1.807, 2.05) is 29.6 Å². The second-order valence-electron chi connectivity index (χ2n) is 3.54. The van der Waals surface area contributed by atoms with Gasteiger partial charge in [-0.05, 0) is 23.6 Å². The Kier molecular flexibility index (Phi) is 4.39. The molecule has 1 amide bonds. The standard InChI is InChI=1S/C12H12BrNO2S/c13-7-12(15)14(8-10-3-1-5-16-10)9-11-4-2-6-17-11/h1-6H,7-9H2. The number of thiophene rings is 1. The van der Waals surface area contributed by atoms with Crippen LogP contribution in [0.3, 0.4) is 0 Å². The Morgan fingerprint density at radius 2 is 2.24 bits per heavy atom. The van der Waals surface area contributed by atoms with Crippen molar-refractivity contribution in [3.05, 3.63) is 46.5 Å². The lowest BCUT2D eigenvalue weighted by molar-refractivity contribution is -0.129. The lowest BCUT2D eigenvalue weighted by Crippen LogP contribution is -2.30. The van der Waals surface area contributed by atoms with E-state index in [2.05, 4.69) is 15.9 Å². The predicted octanol–water partition coefficient (Wildman–Crippen LogP) is 3.26. The smallest absolute Gasteiger partial charge is 0.233 e. The summed E-state index contributed by atoms with van der Waals surface area (Å²) >= 11 is 4.86. The molecule has 0 unspecified atom stereocenters. The second kappa shape index (κ2) is 6.02. The van der Waals surface area contributed by atoms with Crippen molar-refractivity contribution < 1.29 is 9.21 Å². The second-order valence-corrected chi connectivity index (χ2v) is 5.14. The van der Waals surface area contributed by atoms with Gasteiger partial charge in [-0.2, -0.15) is 0 Å². The van der Waals surface area contributed by atoms with Gasteiger partial charge in [-0.3, -0.25) is 4.79 Å². The van der Waals surface area contributed by atoms with E-state index in [1.54, 1.807) is 22.5 Å². The summed E-state index contributed by atoms with van der Waals surface area (Å²) in [6.45, 7) is 1.14. The maximum Gasteiger partial charge on any atom is 0.233 e. The van der Waals surface area contributed by atoms with Gasteiger partial charge in [0, 0.05) is 4.88 Å². The average molecular weight is 314 g/mol. The van der Waals surface area contributed by atoms with Crippen LogP contribution >= 0.6 is 27.3 Å². The van der Waals surface area contributed by atoms with Crippen LogP contribution in [0.2, 0.25) is 0 Å². The normalized spacial score (nSPS) is 10.4. The number of hydrogen-bond donors (Lipinski definition) is 0. The lowest BCUT2D eigenvalue weighted by atomic mass is 10.3. The minimum Gasteiger partial charge on any atom is -0.467 e. The molecule has 2 aromatic heterocycles. The Bertz CT molecular complexity index is 417. The molecule has 0 aliphatic rings. The molecule has 2 rings (SSSR count). The van der Waals surface area contributed by atoms with Gasteiger partial charge in [-0.15, -0.1) is 11.3 Å². The molecular formula is C12H12BrNO2S. The van der Waals surface area contributed by atoms with Crippen molar-refractivity contribution in [2.24, 2.45) is 0 Å². The number of carbonyl (C=O) groups is 1. The van der Waals surface area contributed by atoms with Crippen LogP contribution in [0.1, 0.15) is 10.6 Å². The molecule has 0 saturated heterocycles. The molecule has 2 aromatic rings. The van der Waals surface area contributed by atoms with Gasteiger partial charge in [0.15, 0.2) is 0 Å². The number of halogens is 1. The highest BCUT2D eigenvalue weighted by atomic mass is 79.9. The van der Waals surface area contributed by atoms with Crippen LogP contribution in [0, 0.1) is 0 Å². The molecule has 0 atom stereocenters. The van der Waals surface area contributed by atoms with Gasteiger partial charge >= 0.3 is 0 Å². The Morgan fingerprint density at radius 3 is 2.82 bits per heavy atom. The fourth-order valence-electron chi connectivity index (χ4n) is 1.50. The number of carbonyl (C=O) groups excluding carboxylic acids is 1. The van der Waals surface area contributed by atoms with E-state index in [4.69, 9.17) is 4.42 Å². The topological polar surface area (TPSA) is 33.5 Å². The number of hydrogen-bond acceptors (Lipinski definition) is 3. The van der Waals surface area contributed by atoms with Crippen LogP contribution in [-0.2, 0) is 17.9 Å². The summed E-state index contributed by atoms with van der Waals surface area (Å²) in [5.41, 5.74) is 0. The van der Waals surface area contributed by atoms with Gasteiger partial charge in [0.1, 0.15) is 5.76 Å². The van der Waals surface area contributed by atoms with Crippen molar-refractivity contribution in [1.29, 1.82) is 0 Å². The molecule has 0 saturated carbocycles. The molecule has 0 bridgehead atoms. The monoisotopic (exact) mass is 313 g/mol. The molecule has 2 heterocycles. The van der Waals surface area contributed by atoms with Gasteiger partial charge in [0.2, 0.25) is 5.91 Å². The molecule has 90 valence electrons. The summed E-state index contributed by atoms with van der Waals surface area (Å²) in [4.78, 5) is 14.8. The zero-order valence-electron chi connectivity index (χ0n) is 9.14. The molecule has 0 spiro atoms. The third-order valence-corrected chi connectivity index (χ3v) is 3.66. The molecule has 0 N–H and O–H groups in total. The Labute approximate surface area is 112 Å². The van der Waals surface area contributed by atoms with Crippen molar-refractivity contribution in [3.63, 3.8) is 0 Å². The average Bonchev–Trinajstić information content (AvgIpc) is 3.00. The minimum atomic E-state index is 0.0646. The van der Waals surface area contributed by atoms with E-state index in [-0.39, 0.29) is 5.91 Å². The summed E-state index contributed by atoms with van der Waals surface area (Å²) < 4.78 is 5.27.